The van der Waals surface area contributed by atoms with Gasteiger partial charge in [-0.05, 0) is 5.56 Å². The molecular formula is C17H22Cl2N2O3. The van der Waals surface area contributed by atoms with E-state index in [0.29, 0.717) is 31.3 Å². The van der Waals surface area contributed by atoms with Crippen molar-refractivity contribution in [2.24, 2.45) is 0 Å². The lowest BCUT2D eigenvalue weighted by Gasteiger charge is -2.18. The van der Waals surface area contributed by atoms with E-state index in [2.05, 4.69) is 5.32 Å². The summed E-state index contributed by atoms with van der Waals surface area (Å²) in [5.41, 5.74) is 0.933. The molecule has 0 saturated heterocycles. The quantitative estimate of drug-likeness (QED) is 0.388. The van der Waals surface area contributed by atoms with Crippen molar-refractivity contribution in [3.63, 3.8) is 0 Å². The Bertz CT molecular complexity index is 532. The van der Waals surface area contributed by atoms with E-state index in [-0.39, 0.29) is 5.91 Å². The number of nitrogens with zero attached hydrogens (tertiary/aromatic N) is 1. The third-order valence-electron chi connectivity index (χ3n) is 3.27. The van der Waals surface area contributed by atoms with Crippen LogP contribution in [0.25, 0.3) is 0 Å². The molecule has 0 bridgehead atoms. The van der Waals surface area contributed by atoms with Gasteiger partial charge in [0.15, 0.2) is 0 Å². The number of esters is 1. The first-order chi connectivity index (χ1) is 11.6. The van der Waals surface area contributed by atoms with Gasteiger partial charge in [0.05, 0.1) is 7.11 Å². The van der Waals surface area contributed by atoms with Crippen LogP contribution in [0.1, 0.15) is 5.56 Å². The summed E-state index contributed by atoms with van der Waals surface area (Å²) in [7, 11) is 1.30. The van der Waals surface area contributed by atoms with Crippen LogP contribution in [0.3, 0.4) is 0 Å². The summed E-state index contributed by atoms with van der Waals surface area (Å²) in [6.07, 6.45) is 3.34. The lowest BCUT2D eigenvalue weighted by Crippen LogP contribution is -2.42. The number of carbonyl (C=O) groups excluding carboxylic acids is 2. The van der Waals surface area contributed by atoms with E-state index in [4.69, 9.17) is 27.9 Å². The molecule has 0 heterocycles. The molecule has 0 spiro atoms. The largest absolute Gasteiger partial charge is 0.467 e. The summed E-state index contributed by atoms with van der Waals surface area (Å²) >= 11 is 11.4. The highest BCUT2D eigenvalue weighted by molar-refractivity contribution is 6.18. The second kappa shape index (κ2) is 11.8. The molecule has 0 unspecified atom stereocenters. The molecule has 0 aliphatic carbocycles. The maximum atomic E-state index is 12.1. The molecule has 24 heavy (non-hydrogen) atoms. The molecule has 1 rings (SSSR count). The highest BCUT2D eigenvalue weighted by atomic mass is 35.5. The van der Waals surface area contributed by atoms with Crippen molar-refractivity contribution in [2.75, 3.05) is 32.0 Å². The highest BCUT2D eigenvalue weighted by Crippen LogP contribution is 2.05. The molecule has 0 aliphatic heterocycles. The fourth-order valence-corrected chi connectivity index (χ4v) is 2.49. The monoisotopic (exact) mass is 372 g/mol. The Morgan fingerprint density at radius 2 is 1.83 bits per heavy atom. The lowest BCUT2D eigenvalue weighted by atomic mass is 10.1. The number of hydrogen-bond acceptors (Lipinski definition) is 4. The SMILES string of the molecule is COC(=O)[C@H](Cc1ccccc1)NC(=O)/C=C/N(CCCl)CCCl. The van der Waals surface area contributed by atoms with Crippen molar-refractivity contribution in [3.8, 4) is 0 Å². The zero-order valence-electron chi connectivity index (χ0n) is 13.6. The van der Waals surface area contributed by atoms with Gasteiger partial charge in [-0.3, -0.25) is 4.79 Å². The van der Waals surface area contributed by atoms with Crippen LogP contribution in [0.15, 0.2) is 42.6 Å². The second-order valence-corrected chi connectivity index (χ2v) is 5.76. The second-order valence-electron chi connectivity index (χ2n) is 5.00. The number of methoxy groups -OCH3 is 1. The Labute approximate surface area is 152 Å². The van der Waals surface area contributed by atoms with Gasteiger partial charge in [-0.2, -0.15) is 0 Å². The summed E-state index contributed by atoms with van der Waals surface area (Å²) in [4.78, 5) is 25.8. The summed E-state index contributed by atoms with van der Waals surface area (Å²) in [6.45, 7) is 1.17. The minimum absolute atomic E-state index is 0.361. The Morgan fingerprint density at radius 1 is 1.21 bits per heavy atom. The average molecular weight is 373 g/mol. The van der Waals surface area contributed by atoms with Gasteiger partial charge in [0.25, 0.3) is 0 Å². The normalized spacial score (nSPS) is 12.0. The minimum atomic E-state index is -0.746. The molecule has 0 saturated carbocycles. The highest BCUT2D eigenvalue weighted by Gasteiger charge is 2.21. The molecular weight excluding hydrogens is 351 g/mol. The van der Waals surface area contributed by atoms with E-state index in [1.165, 1.54) is 13.2 Å². The van der Waals surface area contributed by atoms with Crippen molar-refractivity contribution in [1.29, 1.82) is 0 Å². The number of nitrogens with one attached hydrogen (secondary N) is 1. The third-order valence-corrected chi connectivity index (χ3v) is 3.60. The maximum Gasteiger partial charge on any atom is 0.328 e. The van der Waals surface area contributed by atoms with E-state index >= 15 is 0 Å². The van der Waals surface area contributed by atoms with E-state index in [1.54, 1.807) is 6.20 Å². The van der Waals surface area contributed by atoms with Crippen molar-refractivity contribution < 1.29 is 14.3 Å². The van der Waals surface area contributed by atoms with Gasteiger partial charge in [0, 0.05) is 43.5 Å². The molecule has 0 radical (unpaired) electrons. The van der Waals surface area contributed by atoms with Gasteiger partial charge in [-0.1, -0.05) is 30.3 Å². The van der Waals surface area contributed by atoms with Gasteiger partial charge in [0.2, 0.25) is 5.91 Å². The molecule has 7 heteroatoms. The molecule has 0 aliphatic rings. The molecule has 5 nitrogen and oxygen atoms in total. The standard InChI is InChI=1S/C17H22Cl2N2O3/c1-24-17(23)15(13-14-5-3-2-4-6-14)20-16(22)7-10-21(11-8-18)12-9-19/h2-7,10,15H,8-9,11-13H2,1H3,(H,20,22)/b10-7+/t15-/m0/s1. The fourth-order valence-electron chi connectivity index (χ4n) is 2.06. The van der Waals surface area contributed by atoms with E-state index in [9.17, 15) is 9.59 Å². The number of benzene rings is 1. The summed E-state index contributed by atoms with van der Waals surface area (Å²) in [6, 6.07) is 8.68. The van der Waals surface area contributed by atoms with Gasteiger partial charge in [-0.25, -0.2) is 4.79 Å². The van der Waals surface area contributed by atoms with Crippen LogP contribution in [0, 0.1) is 0 Å². The summed E-state index contributed by atoms with van der Waals surface area (Å²) < 4.78 is 4.77. The van der Waals surface area contributed by atoms with E-state index in [1.807, 2.05) is 35.2 Å². The van der Waals surface area contributed by atoms with Crippen LogP contribution in [0.2, 0.25) is 0 Å². The van der Waals surface area contributed by atoms with Gasteiger partial charge in [0.1, 0.15) is 6.04 Å². The van der Waals surface area contributed by atoms with Crippen LogP contribution in [-0.2, 0) is 20.7 Å². The molecule has 1 atom stereocenters. The number of alkyl halides is 2. The number of amides is 1. The van der Waals surface area contributed by atoms with Crippen LogP contribution in [-0.4, -0.2) is 54.8 Å². The minimum Gasteiger partial charge on any atom is -0.467 e. The van der Waals surface area contributed by atoms with Crippen LogP contribution in [0.5, 0.6) is 0 Å². The number of carbonyl (C=O) groups is 2. The third kappa shape index (κ3) is 7.70. The van der Waals surface area contributed by atoms with E-state index in [0.717, 1.165) is 5.56 Å². The van der Waals surface area contributed by atoms with Crippen LogP contribution < -0.4 is 5.32 Å². The lowest BCUT2D eigenvalue weighted by molar-refractivity contribution is -0.144. The van der Waals surface area contributed by atoms with Crippen LogP contribution >= 0.6 is 23.2 Å². The molecule has 1 aromatic rings. The number of halogens is 2. The summed E-state index contributed by atoms with van der Waals surface area (Å²) in [5.74, 6) is -0.00188. The Morgan fingerprint density at radius 3 is 2.38 bits per heavy atom. The molecule has 1 N–H and O–H groups in total. The predicted octanol–water partition coefficient (Wildman–Crippen LogP) is 2.18. The fraction of sp³-hybridized carbons (Fsp3) is 0.412. The molecule has 1 aromatic carbocycles. The van der Waals surface area contributed by atoms with Gasteiger partial charge in [-0.15, -0.1) is 23.2 Å². The number of rotatable bonds is 10. The maximum absolute atomic E-state index is 12.1. The molecule has 0 aromatic heterocycles. The van der Waals surface area contributed by atoms with Crippen molar-refractivity contribution in [2.45, 2.75) is 12.5 Å². The molecule has 132 valence electrons. The smallest absolute Gasteiger partial charge is 0.328 e. The van der Waals surface area contributed by atoms with Crippen molar-refractivity contribution >= 4 is 35.1 Å². The zero-order chi connectivity index (χ0) is 17.8. The predicted molar refractivity (Wildman–Crippen MR) is 96.2 cm³/mol. The molecule has 1 amide bonds. The number of hydrogen-bond donors (Lipinski definition) is 1. The first-order valence-electron chi connectivity index (χ1n) is 7.57. The van der Waals surface area contributed by atoms with E-state index < -0.39 is 12.0 Å². The van der Waals surface area contributed by atoms with Gasteiger partial charge >= 0.3 is 5.97 Å². The topological polar surface area (TPSA) is 58.6 Å². The molecule has 0 fully saturated rings. The Balaban J connectivity index is 2.68. The van der Waals surface area contributed by atoms with Crippen molar-refractivity contribution in [1.82, 2.24) is 10.2 Å². The summed E-state index contributed by atoms with van der Waals surface area (Å²) in [5, 5.41) is 2.66. The van der Waals surface area contributed by atoms with Crippen molar-refractivity contribution in [3.05, 3.63) is 48.2 Å². The Hall–Kier alpha value is -1.72. The number of ether oxygens (including phenoxy) is 1. The Kier molecular flexibility index (Phi) is 9.96. The zero-order valence-corrected chi connectivity index (χ0v) is 15.1. The average Bonchev–Trinajstić information content (AvgIpc) is 2.59. The van der Waals surface area contributed by atoms with Crippen LogP contribution in [0.4, 0.5) is 0 Å². The first-order valence-corrected chi connectivity index (χ1v) is 8.64. The first kappa shape index (κ1) is 20.3. The van der Waals surface area contributed by atoms with Gasteiger partial charge < -0.3 is 15.0 Å².